The van der Waals surface area contributed by atoms with E-state index < -0.39 is 5.82 Å². The van der Waals surface area contributed by atoms with Gasteiger partial charge < -0.3 is 15.0 Å². The van der Waals surface area contributed by atoms with Crippen LogP contribution in [0.1, 0.15) is 18.9 Å². The summed E-state index contributed by atoms with van der Waals surface area (Å²) < 4.78 is 18.4. The third-order valence-corrected chi connectivity index (χ3v) is 4.34. The second-order valence-corrected chi connectivity index (χ2v) is 6.37. The maximum Gasteiger partial charge on any atom is 0.223 e. The van der Waals surface area contributed by atoms with Crippen molar-refractivity contribution in [2.45, 2.75) is 19.8 Å². The van der Waals surface area contributed by atoms with Crippen molar-refractivity contribution in [2.24, 2.45) is 0 Å². The van der Waals surface area contributed by atoms with Crippen LogP contribution in [0.15, 0.2) is 42.5 Å². The molecule has 0 aliphatic rings. The Morgan fingerprint density at radius 1 is 1.19 bits per heavy atom. The summed E-state index contributed by atoms with van der Waals surface area (Å²) in [5, 5.41) is 2.76. The van der Waals surface area contributed by atoms with Gasteiger partial charge >= 0.3 is 0 Å². The molecule has 0 atom stereocenters. The minimum absolute atomic E-state index is 0.0670. The van der Waals surface area contributed by atoms with Crippen LogP contribution in [-0.2, 0) is 16.0 Å². The number of rotatable bonds is 8. The summed E-state index contributed by atoms with van der Waals surface area (Å²) in [6.07, 6.45) is 0.830. The molecule has 0 unspecified atom stereocenters. The first-order chi connectivity index (χ1) is 12.9. The summed E-state index contributed by atoms with van der Waals surface area (Å²) in [7, 11) is 1.61. The summed E-state index contributed by atoms with van der Waals surface area (Å²) in [5.74, 6) is -0.181. The van der Waals surface area contributed by atoms with Gasteiger partial charge in [0.1, 0.15) is 11.6 Å². The number of carbonyl (C=O) groups is 2. The molecular weight excluding hydrogens is 371 g/mol. The standard InChI is InChI=1S/C20H22ClFN2O3/c1-14(25)24(16-5-8-19(22)18(21)13-16)12-10-20(26)23-11-9-15-3-6-17(27-2)7-4-15/h3-8,13H,9-12H2,1-2H3,(H,23,26). The first-order valence-electron chi connectivity index (χ1n) is 8.53. The van der Waals surface area contributed by atoms with Crippen molar-refractivity contribution in [1.82, 2.24) is 5.32 Å². The molecule has 0 bridgehead atoms. The number of amides is 2. The lowest BCUT2D eigenvalue weighted by molar-refractivity contribution is -0.121. The number of nitrogens with one attached hydrogen (secondary N) is 1. The molecule has 0 aliphatic heterocycles. The van der Waals surface area contributed by atoms with Crippen molar-refractivity contribution in [2.75, 3.05) is 25.1 Å². The number of hydrogen-bond acceptors (Lipinski definition) is 3. The Kier molecular flexibility index (Phi) is 7.61. The van der Waals surface area contributed by atoms with Gasteiger partial charge in [0, 0.05) is 32.1 Å². The van der Waals surface area contributed by atoms with Crippen molar-refractivity contribution in [3.8, 4) is 5.75 Å². The maximum absolute atomic E-state index is 13.3. The van der Waals surface area contributed by atoms with Crippen molar-refractivity contribution < 1.29 is 18.7 Å². The largest absolute Gasteiger partial charge is 0.497 e. The number of hydrogen-bond donors (Lipinski definition) is 1. The second kappa shape index (κ2) is 9.92. The Bertz CT molecular complexity index is 796. The smallest absolute Gasteiger partial charge is 0.223 e. The number of ether oxygens (including phenoxy) is 1. The van der Waals surface area contributed by atoms with E-state index in [1.54, 1.807) is 7.11 Å². The summed E-state index contributed by atoms with van der Waals surface area (Å²) in [6, 6.07) is 11.7. The van der Waals surface area contributed by atoms with E-state index in [9.17, 15) is 14.0 Å². The topological polar surface area (TPSA) is 58.6 Å². The van der Waals surface area contributed by atoms with E-state index in [1.165, 1.54) is 30.0 Å². The highest BCUT2D eigenvalue weighted by Crippen LogP contribution is 2.23. The Hall–Kier alpha value is -2.60. The van der Waals surface area contributed by atoms with Crippen LogP contribution in [0.3, 0.4) is 0 Å². The highest BCUT2D eigenvalue weighted by molar-refractivity contribution is 6.31. The monoisotopic (exact) mass is 392 g/mol. The van der Waals surface area contributed by atoms with Gasteiger partial charge in [0.2, 0.25) is 11.8 Å². The number of benzene rings is 2. The molecule has 27 heavy (non-hydrogen) atoms. The van der Waals surface area contributed by atoms with Gasteiger partial charge in [-0.05, 0) is 42.3 Å². The van der Waals surface area contributed by atoms with E-state index in [0.717, 1.165) is 11.3 Å². The summed E-state index contributed by atoms with van der Waals surface area (Å²) in [4.78, 5) is 25.3. The Morgan fingerprint density at radius 3 is 2.48 bits per heavy atom. The highest BCUT2D eigenvalue weighted by atomic mass is 35.5. The van der Waals surface area contributed by atoms with Gasteiger partial charge in [-0.25, -0.2) is 4.39 Å². The summed E-state index contributed by atoms with van der Waals surface area (Å²) >= 11 is 5.77. The molecule has 144 valence electrons. The fourth-order valence-electron chi connectivity index (χ4n) is 2.56. The van der Waals surface area contributed by atoms with Crippen LogP contribution >= 0.6 is 11.6 Å². The van der Waals surface area contributed by atoms with Gasteiger partial charge in [0.25, 0.3) is 0 Å². The Morgan fingerprint density at radius 2 is 1.89 bits per heavy atom. The number of carbonyl (C=O) groups excluding carboxylic acids is 2. The van der Waals surface area contributed by atoms with Crippen molar-refractivity contribution in [1.29, 1.82) is 0 Å². The van der Waals surface area contributed by atoms with Gasteiger partial charge in [-0.1, -0.05) is 23.7 Å². The lowest BCUT2D eigenvalue weighted by atomic mass is 10.1. The molecule has 0 spiro atoms. The van der Waals surface area contributed by atoms with Crippen LogP contribution in [0.4, 0.5) is 10.1 Å². The van der Waals surface area contributed by atoms with Crippen LogP contribution < -0.4 is 15.0 Å². The molecular formula is C20H22ClFN2O3. The summed E-state index contributed by atoms with van der Waals surface area (Å²) in [6.45, 7) is 2.07. The predicted octanol–water partition coefficient (Wildman–Crippen LogP) is 3.59. The fourth-order valence-corrected chi connectivity index (χ4v) is 2.74. The zero-order valence-corrected chi connectivity index (χ0v) is 16.1. The molecule has 7 heteroatoms. The molecule has 0 aliphatic carbocycles. The van der Waals surface area contributed by atoms with Crippen molar-refractivity contribution in [3.05, 3.63) is 58.9 Å². The predicted molar refractivity (Wildman–Crippen MR) is 104 cm³/mol. The molecule has 5 nitrogen and oxygen atoms in total. The zero-order valence-electron chi connectivity index (χ0n) is 15.3. The van der Waals surface area contributed by atoms with Gasteiger partial charge in [-0.3, -0.25) is 9.59 Å². The molecule has 0 heterocycles. The van der Waals surface area contributed by atoms with Gasteiger partial charge in [0.15, 0.2) is 0 Å². The van der Waals surface area contributed by atoms with E-state index in [-0.39, 0.29) is 29.8 Å². The molecule has 2 amide bonds. The Labute approximate surface area is 163 Å². The zero-order chi connectivity index (χ0) is 19.8. The van der Waals surface area contributed by atoms with E-state index >= 15 is 0 Å². The molecule has 1 N–H and O–H groups in total. The van der Waals surface area contributed by atoms with E-state index in [1.807, 2.05) is 24.3 Å². The van der Waals surface area contributed by atoms with Gasteiger partial charge in [-0.15, -0.1) is 0 Å². The lowest BCUT2D eigenvalue weighted by Gasteiger charge is -2.21. The van der Waals surface area contributed by atoms with Crippen molar-refractivity contribution >= 4 is 29.1 Å². The van der Waals surface area contributed by atoms with Crippen LogP contribution in [0.2, 0.25) is 5.02 Å². The molecule has 0 fully saturated rings. The number of methoxy groups -OCH3 is 1. The molecule has 0 saturated heterocycles. The molecule has 2 aromatic rings. The third kappa shape index (κ3) is 6.25. The third-order valence-electron chi connectivity index (χ3n) is 4.05. The minimum atomic E-state index is -0.555. The fraction of sp³-hybridized carbons (Fsp3) is 0.300. The van der Waals surface area contributed by atoms with Crippen molar-refractivity contribution in [3.63, 3.8) is 0 Å². The average molecular weight is 393 g/mol. The highest BCUT2D eigenvalue weighted by Gasteiger charge is 2.15. The van der Waals surface area contributed by atoms with E-state index in [2.05, 4.69) is 5.32 Å². The minimum Gasteiger partial charge on any atom is -0.497 e. The number of nitrogens with zero attached hydrogens (tertiary/aromatic N) is 1. The van der Waals surface area contributed by atoms with E-state index in [0.29, 0.717) is 18.7 Å². The summed E-state index contributed by atoms with van der Waals surface area (Å²) in [5.41, 5.74) is 1.54. The number of halogens is 2. The molecule has 0 saturated carbocycles. The maximum atomic E-state index is 13.3. The first-order valence-corrected chi connectivity index (χ1v) is 8.91. The van der Waals surface area contributed by atoms with Crippen LogP contribution in [0, 0.1) is 5.82 Å². The lowest BCUT2D eigenvalue weighted by Crippen LogP contribution is -2.34. The van der Waals surface area contributed by atoms with Crippen LogP contribution in [0.25, 0.3) is 0 Å². The first kappa shape index (κ1) is 20.7. The Balaban J connectivity index is 1.82. The normalized spacial score (nSPS) is 10.4. The average Bonchev–Trinajstić information content (AvgIpc) is 2.65. The molecule has 0 aromatic heterocycles. The van der Waals surface area contributed by atoms with Gasteiger partial charge in [0.05, 0.1) is 12.1 Å². The molecule has 2 rings (SSSR count). The quantitative estimate of drug-likeness (QED) is 0.746. The van der Waals surface area contributed by atoms with Crippen LogP contribution in [0.5, 0.6) is 5.75 Å². The number of anilines is 1. The van der Waals surface area contributed by atoms with Crippen LogP contribution in [-0.4, -0.2) is 32.0 Å². The molecule has 0 radical (unpaired) electrons. The van der Waals surface area contributed by atoms with Gasteiger partial charge in [-0.2, -0.15) is 0 Å². The second-order valence-electron chi connectivity index (χ2n) is 5.97. The molecule has 2 aromatic carbocycles. The van der Waals surface area contributed by atoms with E-state index in [4.69, 9.17) is 16.3 Å². The SMILES string of the molecule is COc1ccc(CCNC(=O)CCN(C(C)=O)c2ccc(F)c(Cl)c2)cc1.